The van der Waals surface area contributed by atoms with Gasteiger partial charge in [-0.2, -0.15) is 8.78 Å². The van der Waals surface area contributed by atoms with E-state index in [9.17, 15) is 18.4 Å². The molecule has 0 aliphatic carbocycles. The first-order valence-electron chi connectivity index (χ1n) is 7.03. The maximum absolute atomic E-state index is 12.4. The normalized spacial score (nSPS) is 11.4. The standard InChI is InChI=1S/C15H14F2N4O3/c1-19-12-11(13(22)20(2)15(19)23)21(8-18-12)7-9-4-3-5-10(6-9)24-14(16)17/h3-6,8,14H,7H2,1-2H3. The third-order valence-electron chi connectivity index (χ3n) is 3.69. The van der Waals surface area contributed by atoms with Gasteiger partial charge >= 0.3 is 12.3 Å². The summed E-state index contributed by atoms with van der Waals surface area (Å²) in [5, 5.41) is 0. The second kappa shape index (κ2) is 5.91. The largest absolute Gasteiger partial charge is 0.435 e. The highest BCUT2D eigenvalue weighted by Crippen LogP contribution is 2.17. The van der Waals surface area contributed by atoms with Crippen LogP contribution in [0.15, 0.2) is 40.2 Å². The van der Waals surface area contributed by atoms with E-state index in [1.54, 1.807) is 16.7 Å². The summed E-state index contributed by atoms with van der Waals surface area (Å²) >= 11 is 0. The molecule has 0 radical (unpaired) electrons. The number of aryl methyl sites for hydroxylation is 1. The molecule has 0 atom stereocenters. The van der Waals surface area contributed by atoms with Gasteiger partial charge in [-0.15, -0.1) is 0 Å². The molecular formula is C15H14F2N4O3. The SMILES string of the molecule is Cn1c(=O)c2c(ncn2Cc2cccc(OC(F)F)c2)n(C)c1=O. The highest BCUT2D eigenvalue weighted by Gasteiger charge is 2.14. The van der Waals surface area contributed by atoms with Crippen LogP contribution in [0.3, 0.4) is 0 Å². The molecule has 0 fully saturated rings. The van der Waals surface area contributed by atoms with Gasteiger partial charge in [-0.25, -0.2) is 9.78 Å². The molecule has 0 N–H and O–H groups in total. The lowest BCUT2D eigenvalue weighted by Crippen LogP contribution is -2.37. The molecule has 24 heavy (non-hydrogen) atoms. The highest BCUT2D eigenvalue weighted by atomic mass is 19.3. The minimum atomic E-state index is -2.91. The Labute approximate surface area is 134 Å². The summed E-state index contributed by atoms with van der Waals surface area (Å²) in [5.41, 5.74) is 0.252. The zero-order valence-corrected chi connectivity index (χ0v) is 12.9. The van der Waals surface area contributed by atoms with E-state index in [-0.39, 0.29) is 23.5 Å². The Morgan fingerprint density at radius 1 is 1.21 bits per heavy atom. The van der Waals surface area contributed by atoms with E-state index in [0.717, 1.165) is 4.57 Å². The predicted octanol–water partition coefficient (Wildman–Crippen LogP) is 1.08. The molecule has 0 amide bonds. The van der Waals surface area contributed by atoms with Crippen LogP contribution in [0.1, 0.15) is 5.56 Å². The van der Waals surface area contributed by atoms with Gasteiger partial charge in [-0.3, -0.25) is 13.9 Å². The Balaban J connectivity index is 2.06. The van der Waals surface area contributed by atoms with Crippen molar-refractivity contribution >= 4 is 11.2 Å². The molecule has 7 nitrogen and oxygen atoms in total. The van der Waals surface area contributed by atoms with Gasteiger partial charge in [0.1, 0.15) is 5.75 Å². The fraction of sp³-hybridized carbons (Fsp3) is 0.267. The third-order valence-corrected chi connectivity index (χ3v) is 3.69. The molecule has 0 aliphatic heterocycles. The minimum Gasteiger partial charge on any atom is -0.435 e. The molecule has 0 bridgehead atoms. The Morgan fingerprint density at radius 3 is 2.67 bits per heavy atom. The quantitative estimate of drug-likeness (QED) is 0.715. The molecule has 1 aromatic carbocycles. The summed E-state index contributed by atoms with van der Waals surface area (Å²) in [6.45, 7) is -2.68. The van der Waals surface area contributed by atoms with Crippen molar-refractivity contribution < 1.29 is 13.5 Å². The number of halogens is 2. The third kappa shape index (κ3) is 2.68. The molecule has 3 rings (SSSR count). The van der Waals surface area contributed by atoms with Gasteiger partial charge in [0.25, 0.3) is 5.56 Å². The second-order valence-electron chi connectivity index (χ2n) is 5.28. The number of nitrogens with zero attached hydrogens (tertiary/aromatic N) is 4. The molecule has 0 unspecified atom stereocenters. The average molecular weight is 336 g/mol. The molecule has 2 aromatic heterocycles. The lowest BCUT2D eigenvalue weighted by Gasteiger charge is -2.09. The first-order valence-corrected chi connectivity index (χ1v) is 7.03. The number of benzene rings is 1. The monoisotopic (exact) mass is 336 g/mol. The number of imidazole rings is 1. The van der Waals surface area contributed by atoms with E-state index in [4.69, 9.17) is 0 Å². The maximum Gasteiger partial charge on any atom is 0.387 e. The first-order chi connectivity index (χ1) is 11.4. The number of aromatic nitrogens is 4. The summed E-state index contributed by atoms with van der Waals surface area (Å²) in [4.78, 5) is 28.4. The van der Waals surface area contributed by atoms with Crippen molar-refractivity contribution in [1.82, 2.24) is 18.7 Å². The van der Waals surface area contributed by atoms with Crippen LogP contribution in [0, 0.1) is 0 Å². The van der Waals surface area contributed by atoms with Crippen LogP contribution in [0.25, 0.3) is 11.2 Å². The van der Waals surface area contributed by atoms with Crippen molar-refractivity contribution in [3.8, 4) is 5.75 Å². The molecule has 2 heterocycles. The number of alkyl halides is 2. The van der Waals surface area contributed by atoms with Crippen LogP contribution in [-0.2, 0) is 20.6 Å². The Morgan fingerprint density at radius 2 is 1.96 bits per heavy atom. The molecule has 0 saturated heterocycles. The summed E-state index contributed by atoms with van der Waals surface area (Å²) in [6.07, 6.45) is 1.44. The fourth-order valence-electron chi connectivity index (χ4n) is 2.53. The molecule has 126 valence electrons. The molecule has 3 aromatic rings. The summed E-state index contributed by atoms with van der Waals surface area (Å²) in [5.74, 6) is 0.0345. The van der Waals surface area contributed by atoms with Gasteiger partial charge < -0.3 is 9.30 Å². The van der Waals surface area contributed by atoms with Gasteiger partial charge in [0.15, 0.2) is 11.2 Å². The van der Waals surface area contributed by atoms with Crippen molar-refractivity contribution in [3.05, 3.63) is 57.0 Å². The van der Waals surface area contributed by atoms with E-state index in [0.29, 0.717) is 5.56 Å². The molecule has 0 aliphatic rings. The van der Waals surface area contributed by atoms with Gasteiger partial charge in [0.2, 0.25) is 0 Å². The predicted molar refractivity (Wildman–Crippen MR) is 82.4 cm³/mol. The lowest BCUT2D eigenvalue weighted by atomic mass is 10.2. The van der Waals surface area contributed by atoms with Crippen LogP contribution in [0.4, 0.5) is 8.78 Å². The van der Waals surface area contributed by atoms with Crippen molar-refractivity contribution in [3.63, 3.8) is 0 Å². The van der Waals surface area contributed by atoms with Crippen LogP contribution >= 0.6 is 0 Å². The van der Waals surface area contributed by atoms with Crippen LogP contribution < -0.4 is 16.0 Å². The van der Waals surface area contributed by atoms with Crippen LogP contribution in [0.2, 0.25) is 0 Å². The van der Waals surface area contributed by atoms with E-state index in [2.05, 4.69) is 9.72 Å². The summed E-state index contributed by atoms with van der Waals surface area (Å²) in [7, 11) is 2.91. The second-order valence-corrected chi connectivity index (χ2v) is 5.28. The zero-order valence-electron chi connectivity index (χ0n) is 12.9. The number of hydrogen-bond donors (Lipinski definition) is 0. The maximum atomic E-state index is 12.4. The van der Waals surface area contributed by atoms with Gasteiger partial charge in [-0.1, -0.05) is 12.1 Å². The fourth-order valence-corrected chi connectivity index (χ4v) is 2.53. The van der Waals surface area contributed by atoms with Gasteiger partial charge in [-0.05, 0) is 17.7 Å². The average Bonchev–Trinajstić information content (AvgIpc) is 2.94. The van der Waals surface area contributed by atoms with Crippen LogP contribution in [-0.4, -0.2) is 25.3 Å². The molecule has 9 heteroatoms. The van der Waals surface area contributed by atoms with E-state index >= 15 is 0 Å². The number of ether oxygens (including phenoxy) is 1. The van der Waals surface area contributed by atoms with Gasteiger partial charge in [0.05, 0.1) is 6.33 Å². The van der Waals surface area contributed by atoms with Crippen LogP contribution in [0.5, 0.6) is 5.75 Å². The van der Waals surface area contributed by atoms with Crippen molar-refractivity contribution in [1.29, 1.82) is 0 Å². The zero-order chi connectivity index (χ0) is 17.4. The molecule has 0 spiro atoms. The number of hydrogen-bond acceptors (Lipinski definition) is 4. The topological polar surface area (TPSA) is 71.0 Å². The lowest BCUT2D eigenvalue weighted by molar-refractivity contribution is -0.0498. The van der Waals surface area contributed by atoms with Crippen molar-refractivity contribution in [2.45, 2.75) is 13.2 Å². The Hall–Kier alpha value is -2.97. The van der Waals surface area contributed by atoms with Crippen molar-refractivity contribution in [2.75, 3.05) is 0 Å². The smallest absolute Gasteiger partial charge is 0.387 e. The summed E-state index contributed by atoms with van der Waals surface area (Å²) in [6, 6.07) is 6.19. The van der Waals surface area contributed by atoms with Crippen molar-refractivity contribution in [2.24, 2.45) is 14.1 Å². The molecular weight excluding hydrogens is 322 g/mol. The molecule has 0 saturated carbocycles. The Bertz CT molecular complexity index is 1020. The van der Waals surface area contributed by atoms with E-state index < -0.39 is 17.9 Å². The highest BCUT2D eigenvalue weighted by molar-refractivity contribution is 5.70. The summed E-state index contributed by atoms with van der Waals surface area (Å²) < 4.78 is 32.8. The van der Waals surface area contributed by atoms with Gasteiger partial charge in [0, 0.05) is 20.6 Å². The van der Waals surface area contributed by atoms with E-state index in [1.807, 2.05) is 0 Å². The minimum absolute atomic E-state index is 0.0345. The Kier molecular flexibility index (Phi) is 3.92. The first kappa shape index (κ1) is 15.9. The van der Waals surface area contributed by atoms with E-state index in [1.165, 1.54) is 37.1 Å². The number of rotatable bonds is 4. The number of fused-ring (bicyclic) bond motifs is 1.